The Morgan fingerprint density at radius 3 is 2.64 bits per heavy atom. The Morgan fingerprint density at radius 2 is 2.14 bits per heavy atom. The highest BCUT2D eigenvalue weighted by Gasteiger charge is 2.29. The van der Waals surface area contributed by atoms with Gasteiger partial charge in [0.1, 0.15) is 0 Å². The number of carbonyl (C=O) groups excluding carboxylic acids is 1. The largest absolute Gasteiger partial charge is 0.469 e. The third kappa shape index (κ3) is 2.98. The fourth-order valence-corrected chi connectivity index (χ4v) is 3.47. The van der Waals surface area contributed by atoms with Crippen molar-refractivity contribution < 1.29 is 9.53 Å². The second-order valence-corrected chi connectivity index (χ2v) is 10.1. The van der Waals surface area contributed by atoms with Crippen LogP contribution in [0.5, 0.6) is 0 Å². The molecule has 1 aliphatic rings. The first-order valence-corrected chi connectivity index (χ1v) is 8.81. The lowest BCUT2D eigenvalue weighted by molar-refractivity contribution is -0.143. The number of carbonyl (C=O) groups is 1. The summed E-state index contributed by atoms with van der Waals surface area (Å²) in [5.41, 5.74) is 3.69. The molecule has 1 rings (SSSR count). The highest BCUT2D eigenvalue weighted by Crippen LogP contribution is 2.33. The van der Waals surface area contributed by atoms with Crippen molar-refractivity contribution in [3.8, 4) is 0 Å². The molecule has 0 aromatic rings. The molecular weight excluding hydrogens is 192 g/mol. The summed E-state index contributed by atoms with van der Waals surface area (Å²) in [6, 6.07) is 0. The summed E-state index contributed by atoms with van der Waals surface area (Å²) < 4.78 is 4.81. The molecule has 0 amide bonds. The van der Waals surface area contributed by atoms with E-state index in [-0.39, 0.29) is 11.9 Å². The van der Waals surface area contributed by atoms with E-state index in [1.807, 2.05) is 0 Å². The highest BCUT2D eigenvalue weighted by atomic mass is 28.3. The van der Waals surface area contributed by atoms with Gasteiger partial charge in [-0.05, 0) is 19.3 Å². The Labute approximate surface area is 87.3 Å². The van der Waals surface area contributed by atoms with Crippen molar-refractivity contribution in [2.45, 2.75) is 38.9 Å². The van der Waals surface area contributed by atoms with Crippen molar-refractivity contribution in [3.63, 3.8) is 0 Å². The molecule has 0 heterocycles. The standard InChI is InChI=1S/C11H20O2Si/c1-13-11(12)10-7-5-6-9(10)8-14(2,3)4/h8,10H,5-7H2,1-4H3/b9-8-. The van der Waals surface area contributed by atoms with E-state index in [0.717, 1.165) is 19.3 Å². The van der Waals surface area contributed by atoms with Crippen LogP contribution in [-0.2, 0) is 9.53 Å². The molecule has 80 valence electrons. The lowest BCUT2D eigenvalue weighted by Crippen LogP contribution is -2.21. The van der Waals surface area contributed by atoms with E-state index < -0.39 is 8.07 Å². The van der Waals surface area contributed by atoms with Gasteiger partial charge in [-0.25, -0.2) is 0 Å². The van der Waals surface area contributed by atoms with Gasteiger partial charge in [-0.1, -0.05) is 30.9 Å². The zero-order valence-corrected chi connectivity index (χ0v) is 10.6. The zero-order chi connectivity index (χ0) is 10.8. The Bertz CT molecular complexity index is 251. The van der Waals surface area contributed by atoms with E-state index >= 15 is 0 Å². The van der Waals surface area contributed by atoms with Gasteiger partial charge in [0.25, 0.3) is 0 Å². The molecule has 1 unspecified atom stereocenters. The highest BCUT2D eigenvalue weighted by molar-refractivity contribution is 6.81. The second-order valence-electron chi connectivity index (χ2n) is 5.05. The summed E-state index contributed by atoms with van der Waals surface area (Å²) in [6.45, 7) is 6.89. The van der Waals surface area contributed by atoms with Gasteiger partial charge in [0.15, 0.2) is 0 Å². The fourth-order valence-electron chi connectivity index (χ4n) is 2.01. The van der Waals surface area contributed by atoms with Gasteiger partial charge in [-0.15, -0.1) is 0 Å². The lowest BCUT2D eigenvalue weighted by Gasteiger charge is -2.15. The molecule has 0 bridgehead atoms. The molecule has 0 N–H and O–H groups in total. The molecule has 2 nitrogen and oxygen atoms in total. The lowest BCUT2D eigenvalue weighted by atomic mass is 10.1. The molecule has 0 aliphatic heterocycles. The van der Waals surface area contributed by atoms with Gasteiger partial charge < -0.3 is 4.74 Å². The molecule has 0 radical (unpaired) electrons. The average Bonchev–Trinajstić information content (AvgIpc) is 2.48. The van der Waals surface area contributed by atoms with E-state index in [1.165, 1.54) is 12.7 Å². The molecule has 0 aromatic heterocycles. The van der Waals surface area contributed by atoms with Crippen LogP contribution < -0.4 is 0 Å². The van der Waals surface area contributed by atoms with Crippen molar-refractivity contribution in [2.24, 2.45) is 5.92 Å². The summed E-state index contributed by atoms with van der Waals surface area (Å²) in [7, 11) is 0.286. The molecule has 1 atom stereocenters. The van der Waals surface area contributed by atoms with Gasteiger partial charge in [-0.3, -0.25) is 4.79 Å². The monoisotopic (exact) mass is 212 g/mol. The maximum absolute atomic E-state index is 11.5. The van der Waals surface area contributed by atoms with Crippen LogP contribution in [0.25, 0.3) is 0 Å². The van der Waals surface area contributed by atoms with Gasteiger partial charge >= 0.3 is 5.97 Å². The molecular formula is C11H20O2Si. The van der Waals surface area contributed by atoms with Crippen LogP contribution in [0.3, 0.4) is 0 Å². The van der Waals surface area contributed by atoms with Crippen molar-refractivity contribution >= 4 is 14.0 Å². The van der Waals surface area contributed by atoms with E-state index in [9.17, 15) is 4.79 Å². The molecule has 1 aliphatic carbocycles. The molecule has 14 heavy (non-hydrogen) atoms. The van der Waals surface area contributed by atoms with Gasteiger partial charge in [0.05, 0.1) is 21.1 Å². The van der Waals surface area contributed by atoms with Gasteiger partial charge in [0, 0.05) is 0 Å². The number of hydrogen-bond donors (Lipinski definition) is 0. The molecule has 3 heteroatoms. The van der Waals surface area contributed by atoms with E-state index in [4.69, 9.17) is 4.74 Å². The van der Waals surface area contributed by atoms with Crippen LogP contribution in [0.15, 0.2) is 11.3 Å². The number of hydrogen-bond acceptors (Lipinski definition) is 2. The van der Waals surface area contributed by atoms with Crippen molar-refractivity contribution in [1.82, 2.24) is 0 Å². The summed E-state index contributed by atoms with van der Waals surface area (Å²) in [5.74, 6) is 0.0127. The minimum Gasteiger partial charge on any atom is -0.469 e. The smallest absolute Gasteiger partial charge is 0.312 e. The Hall–Kier alpha value is -0.573. The summed E-state index contributed by atoms with van der Waals surface area (Å²) in [4.78, 5) is 11.5. The first-order chi connectivity index (χ1) is 6.44. The molecule has 1 saturated carbocycles. The zero-order valence-electron chi connectivity index (χ0n) is 9.59. The normalized spacial score (nSPS) is 25.4. The number of methoxy groups -OCH3 is 1. The predicted molar refractivity (Wildman–Crippen MR) is 60.8 cm³/mol. The number of esters is 1. The third-order valence-corrected chi connectivity index (χ3v) is 3.75. The van der Waals surface area contributed by atoms with Crippen molar-refractivity contribution in [2.75, 3.05) is 7.11 Å². The van der Waals surface area contributed by atoms with Crippen LogP contribution in [0.4, 0.5) is 0 Å². The van der Waals surface area contributed by atoms with E-state index in [0.29, 0.717) is 0 Å². The maximum Gasteiger partial charge on any atom is 0.312 e. The average molecular weight is 212 g/mol. The molecule has 1 fully saturated rings. The quantitative estimate of drug-likeness (QED) is 0.520. The van der Waals surface area contributed by atoms with Crippen LogP contribution in [0.1, 0.15) is 19.3 Å². The first-order valence-electron chi connectivity index (χ1n) is 5.23. The van der Waals surface area contributed by atoms with E-state index in [2.05, 4.69) is 25.3 Å². The molecule has 0 saturated heterocycles. The van der Waals surface area contributed by atoms with Crippen LogP contribution in [0.2, 0.25) is 19.6 Å². The Balaban J connectivity index is 2.78. The minimum absolute atomic E-state index is 0.0491. The van der Waals surface area contributed by atoms with Crippen LogP contribution in [0, 0.1) is 5.92 Å². The summed E-state index contributed by atoms with van der Waals surface area (Å²) in [6.07, 6.45) is 3.20. The molecule has 0 aromatic carbocycles. The number of rotatable bonds is 2. The minimum atomic E-state index is -1.19. The fraction of sp³-hybridized carbons (Fsp3) is 0.727. The van der Waals surface area contributed by atoms with Gasteiger partial charge in [-0.2, -0.15) is 0 Å². The van der Waals surface area contributed by atoms with Crippen LogP contribution >= 0.6 is 0 Å². The molecule has 0 spiro atoms. The second kappa shape index (κ2) is 4.30. The van der Waals surface area contributed by atoms with E-state index in [1.54, 1.807) is 0 Å². The van der Waals surface area contributed by atoms with Crippen LogP contribution in [-0.4, -0.2) is 21.2 Å². The van der Waals surface area contributed by atoms with Gasteiger partial charge in [0.2, 0.25) is 0 Å². The topological polar surface area (TPSA) is 26.3 Å². The Kier molecular flexibility index (Phi) is 3.53. The number of ether oxygens (including phenoxy) is 1. The Morgan fingerprint density at radius 1 is 1.50 bits per heavy atom. The summed E-state index contributed by atoms with van der Waals surface area (Å²) >= 11 is 0. The third-order valence-electron chi connectivity index (χ3n) is 2.51. The van der Waals surface area contributed by atoms with Crippen molar-refractivity contribution in [1.29, 1.82) is 0 Å². The SMILES string of the molecule is COC(=O)C1CCC/C1=C/[Si](C)(C)C. The predicted octanol–water partition coefficient (Wildman–Crippen LogP) is 2.76. The maximum atomic E-state index is 11.5. The summed E-state index contributed by atoms with van der Waals surface area (Å²) in [5, 5.41) is 0. The van der Waals surface area contributed by atoms with Crippen molar-refractivity contribution in [3.05, 3.63) is 11.3 Å². The first kappa shape index (κ1) is 11.5.